The van der Waals surface area contributed by atoms with Gasteiger partial charge in [-0.1, -0.05) is 17.3 Å². The maximum Gasteiger partial charge on any atom is 0.331 e. The number of thiol groups is 1. The third-order valence-electron chi connectivity index (χ3n) is 3.72. The molecule has 1 heterocycles. The second-order valence-electron chi connectivity index (χ2n) is 5.22. The monoisotopic (exact) mass is 302 g/mol. The molecule has 1 aliphatic rings. The second kappa shape index (κ2) is 5.04. The van der Waals surface area contributed by atoms with Gasteiger partial charge >= 0.3 is 5.97 Å². The molecule has 1 aromatic heterocycles. The topological polar surface area (TPSA) is 76.2 Å². The lowest BCUT2D eigenvalue weighted by molar-refractivity contribution is -0.132. The first-order chi connectivity index (χ1) is 10.0. The Bertz CT molecular complexity index is 715. The van der Waals surface area contributed by atoms with Gasteiger partial charge in [0.1, 0.15) is 0 Å². The van der Waals surface area contributed by atoms with E-state index in [9.17, 15) is 4.79 Å². The maximum absolute atomic E-state index is 10.8. The summed E-state index contributed by atoms with van der Waals surface area (Å²) in [7, 11) is 0. The minimum atomic E-state index is -1.000. The molecule has 0 amide bonds. The predicted octanol–water partition coefficient (Wildman–Crippen LogP) is 2.93. The first kappa shape index (κ1) is 13.9. The van der Waals surface area contributed by atoms with Crippen LogP contribution < -0.4 is 0 Å². The molecular weight excluding hydrogens is 288 g/mol. The van der Waals surface area contributed by atoms with Crippen molar-refractivity contribution >= 4 is 24.7 Å². The number of aliphatic carboxylic acids is 1. The maximum atomic E-state index is 10.8. The molecule has 0 unspecified atom stereocenters. The van der Waals surface area contributed by atoms with Crippen LogP contribution >= 0.6 is 12.6 Å². The highest BCUT2D eigenvalue weighted by Gasteiger charge is 2.49. The average molecular weight is 302 g/mol. The van der Waals surface area contributed by atoms with E-state index in [4.69, 9.17) is 9.63 Å². The molecule has 0 spiro atoms. The first-order valence-corrected chi connectivity index (χ1v) is 7.01. The largest absolute Gasteiger partial charge is 0.478 e. The number of carboxylic acids is 1. The van der Waals surface area contributed by atoms with Gasteiger partial charge in [-0.05, 0) is 37.5 Å². The van der Waals surface area contributed by atoms with Gasteiger partial charge in [-0.2, -0.15) is 4.98 Å². The molecule has 3 rings (SSSR count). The standard InChI is InChI=1S/C15H14N2O3S/c1-9(13(18)19)8-12-16-14(17-20-12)15(6-7-15)10-2-4-11(21)5-3-10/h2-5,8,21H,6-7H2,1H3,(H,18,19)/b9-8+. The van der Waals surface area contributed by atoms with Crippen LogP contribution in [0.4, 0.5) is 0 Å². The van der Waals surface area contributed by atoms with E-state index in [1.807, 2.05) is 24.3 Å². The molecule has 5 nitrogen and oxygen atoms in total. The molecule has 1 saturated carbocycles. The Labute approximate surface area is 127 Å². The van der Waals surface area contributed by atoms with Crippen molar-refractivity contribution in [3.05, 3.63) is 47.1 Å². The molecule has 0 saturated heterocycles. The zero-order chi connectivity index (χ0) is 15.0. The molecule has 0 radical (unpaired) electrons. The molecular formula is C15H14N2O3S. The van der Waals surface area contributed by atoms with Crippen LogP contribution in [0.2, 0.25) is 0 Å². The van der Waals surface area contributed by atoms with Crippen LogP contribution in [-0.2, 0) is 10.2 Å². The van der Waals surface area contributed by atoms with Crippen LogP contribution in [0.3, 0.4) is 0 Å². The highest BCUT2D eigenvalue weighted by molar-refractivity contribution is 7.80. The lowest BCUT2D eigenvalue weighted by Crippen LogP contribution is -2.10. The quantitative estimate of drug-likeness (QED) is 0.671. The Morgan fingerprint density at radius 3 is 2.62 bits per heavy atom. The lowest BCUT2D eigenvalue weighted by Gasteiger charge is -2.10. The number of nitrogens with zero attached hydrogens (tertiary/aromatic N) is 2. The molecule has 0 bridgehead atoms. The Balaban J connectivity index is 1.91. The zero-order valence-corrected chi connectivity index (χ0v) is 12.3. The summed E-state index contributed by atoms with van der Waals surface area (Å²) in [6.45, 7) is 1.49. The minimum Gasteiger partial charge on any atom is -0.478 e. The Kier molecular flexibility index (Phi) is 3.33. The average Bonchev–Trinajstić information content (AvgIpc) is 3.13. The lowest BCUT2D eigenvalue weighted by atomic mass is 9.95. The number of hydrogen-bond acceptors (Lipinski definition) is 5. The number of carbonyl (C=O) groups is 1. The second-order valence-corrected chi connectivity index (χ2v) is 5.73. The summed E-state index contributed by atoms with van der Waals surface area (Å²) in [6, 6.07) is 7.91. The molecule has 1 fully saturated rings. The van der Waals surface area contributed by atoms with E-state index in [-0.39, 0.29) is 16.9 Å². The van der Waals surface area contributed by atoms with E-state index in [1.54, 1.807) is 0 Å². The van der Waals surface area contributed by atoms with Crippen LogP contribution in [0.25, 0.3) is 6.08 Å². The van der Waals surface area contributed by atoms with Crippen LogP contribution in [0.5, 0.6) is 0 Å². The fraction of sp³-hybridized carbons (Fsp3) is 0.267. The smallest absolute Gasteiger partial charge is 0.331 e. The highest BCUT2D eigenvalue weighted by atomic mass is 32.1. The highest BCUT2D eigenvalue weighted by Crippen LogP contribution is 2.52. The van der Waals surface area contributed by atoms with Crippen molar-refractivity contribution in [3.63, 3.8) is 0 Å². The van der Waals surface area contributed by atoms with Gasteiger partial charge in [0.05, 0.1) is 5.41 Å². The van der Waals surface area contributed by atoms with Gasteiger partial charge < -0.3 is 9.63 Å². The van der Waals surface area contributed by atoms with Gasteiger partial charge in [-0.25, -0.2) is 4.79 Å². The van der Waals surface area contributed by atoms with Crippen LogP contribution in [0.1, 0.15) is 37.0 Å². The number of rotatable bonds is 4. The first-order valence-electron chi connectivity index (χ1n) is 6.56. The molecule has 2 aromatic rings. The third-order valence-corrected chi connectivity index (χ3v) is 4.02. The summed E-state index contributed by atoms with van der Waals surface area (Å²) < 4.78 is 5.14. The van der Waals surface area contributed by atoms with Crippen molar-refractivity contribution in [1.82, 2.24) is 10.1 Å². The van der Waals surface area contributed by atoms with E-state index in [1.165, 1.54) is 13.0 Å². The van der Waals surface area contributed by atoms with Gasteiger partial charge in [-0.15, -0.1) is 12.6 Å². The van der Waals surface area contributed by atoms with Crippen LogP contribution in [-0.4, -0.2) is 21.2 Å². The summed E-state index contributed by atoms with van der Waals surface area (Å²) in [5.41, 5.74) is 1.09. The van der Waals surface area contributed by atoms with E-state index in [0.717, 1.165) is 23.3 Å². The predicted molar refractivity (Wildman–Crippen MR) is 79.3 cm³/mol. The van der Waals surface area contributed by atoms with Gasteiger partial charge in [0, 0.05) is 16.5 Å². The molecule has 21 heavy (non-hydrogen) atoms. The van der Waals surface area contributed by atoms with E-state index < -0.39 is 5.97 Å². The molecule has 1 aliphatic carbocycles. The van der Waals surface area contributed by atoms with Gasteiger partial charge in [0.2, 0.25) is 0 Å². The summed E-state index contributed by atoms with van der Waals surface area (Å²) >= 11 is 4.28. The summed E-state index contributed by atoms with van der Waals surface area (Å²) in [5, 5.41) is 12.9. The third kappa shape index (κ3) is 2.58. The van der Waals surface area contributed by atoms with Crippen molar-refractivity contribution < 1.29 is 14.4 Å². The fourth-order valence-electron chi connectivity index (χ4n) is 2.28. The number of hydrogen-bond donors (Lipinski definition) is 2. The number of carboxylic acid groups (broad SMARTS) is 1. The molecule has 0 aliphatic heterocycles. The molecule has 1 N–H and O–H groups in total. The van der Waals surface area contributed by atoms with E-state index >= 15 is 0 Å². The van der Waals surface area contributed by atoms with Crippen molar-refractivity contribution in [3.8, 4) is 0 Å². The Hall–Kier alpha value is -2.08. The van der Waals surface area contributed by atoms with Crippen molar-refractivity contribution in [2.24, 2.45) is 0 Å². The molecule has 1 aromatic carbocycles. The van der Waals surface area contributed by atoms with Crippen molar-refractivity contribution in [1.29, 1.82) is 0 Å². The van der Waals surface area contributed by atoms with E-state index in [2.05, 4.69) is 22.8 Å². The summed E-state index contributed by atoms with van der Waals surface area (Å²) in [4.78, 5) is 16.0. The molecule has 108 valence electrons. The van der Waals surface area contributed by atoms with Crippen LogP contribution in [0, 0.1) is 0 Å². The Morgan fingerprint density at radius 2 is 2.05 bits per heavy atom. The molecule has 0 atom stereocenters. The van der Waals surface area contributed by atoms with Crippen LogP contribution in [0.15, 0.2) is 39.3 Å². The summed E-state index contributed by atoms with van der Waals surface area (Å²) in [6.07, 6.45) is 3.30. The van der Waals surface area contributed by atoms with Crippen molar-refractivity contribution in [2.75, 3.05) is 0 Å². The van der Waals surface area contributed by atoms with E-state index in [0.29, 0.717) is 5.82 Å². The SMILES string of the molecule is C/C(=C\c1nc(C2(c3ccc(S)cc3)CC2)no1)C(=O)O. The number of aromatic nitrogens is 2. The van der Waals surface area contributed by atoms with Crippen molar-refractivity contribution in [2.45, 2.75) is 30.1 Å². The zero-order valence-electron chi connectivity index (χ0n) is 11.4. The fourth-order valence-corrected chi connectivity index (χ4v) is 2.43. The normalized spacial score (nSPS) is 16.8. The van der Waals surface area contributed by atoms with Gasteiger partial charge in [0.15, 0.2) is 5.82 Å². The van der Waals surface area contributed by atoms with Gasteiger partial charge in [0.25, 0.3) is 5.89 Å². The number of benzene rings is 1. The Morgan fingerprint density at radius 1 is 1.38 bits per heavy atom. The van der Waals surface area contributed by atoms with Gasteiger partial charge in [-0.3, -0.25) is 0 Å². The minimum absolute atomic E-state index is 0.162. The molecule has 6 heteroatoms. The summed E-state index contributed by atoms with van der Waals surface area (Å²) in [5.74, 6) is -0.166.